The summed E-state index contributed by atoms with van der Waals surface area (Å²) >= 11 is 0. The van der Waals surface area contributed by atoms with Crippen LogP contribution in [0.2, 0.25) is 0 Å². The molecule has 0 saturated heterocycles. The van der Waals surface area contributed by atoms with E-state index in [1.54, 1.807) is 19.1 Å². The Balaban J connectivity index is 2.21. The third-order valence-electron chi connectivity index (χ3n) is 3.81. The van der Waals surface area contributed by atoms with Crippen LogP contribution in [0.5, 0.6) is 0 Å². The zero-order valence-electron chi connectivity index (χ0n) is 13.9. The number of hydrogen-bond acceptors (Lipinski definition) is 5. The number of carbonyl (C=O) groups excluding carboxylic acids is 2. The first-order chi connectivity index (χ1) is 12.0. The van der Waals surface area contributed by atoms with Gasteiger partial charge in [0, 0.05) is 11.1 Å². The fraction of sp³-hybridized carbons (Fsp3) is 0.150. The lowest BCUT2D eigenvalue weighted by Crippen LogP contribution is -2.14. The second-order valence-electron chi connectivity index (χ2n) is 5.71. The van der Waals surface area contributed by atoms with E-state index in [1.165, 1.54) is 13.0 Å². The van der Waals surface area contributed by atoms with Crippen molar-refractivity contribution in [2.45, 2.75) is 13.8 Å². The predicted molar refractivity (Wildman–Crippen MR) is 93.6 cm³/mol. The molecule has 2 aromatic carbocycles. The summed E-state index contributed by atoms with van der Waals surface area (Å²) in [6, 6.07) is 13.9. The number of Topliss-reactive ketones (excluding diaryl/α,β-unsaturated/α-hetero) is 1. The molecule has 0 amide bonds. The van der Waals surface area contributed by atoms with Gasteiger partial charge in [0.25, 0.3) is 0 Å². The molecule has 0 aliphatic rings. The number of ether oxygens (including phenoxy) is 1. The third kappa shape index (κ3) is 3.21. The van der Waals surface area contributed by atoms with Crippen molar-refractivity contribution in [2.24, 2.45) is 0 Å². The number of carbonyl (C=O) groups is 2. The van der Waals surface area contributed by atoms with E-state index in [0.29, 0.717) is 16.7 Å². The lowest BCUT2D eigenvalue weighted by atomic mass is 10.0. The smallest absolute Gasteiger partial charge is 0.342 e. The number of fused-ring (bicyclic) bond motifs is 1. The van der Waals surface area contributed by atoms with Crippen LogP contribution in [0.3, 0.4) is 0 Å². The summed E-state index contributed by atoms with van der Waals surface area (Å²) in [5, 5.41) is 0.300. The van der Waals surface area contributed by atoms with E-state index in [-0.39, 0.29) is 29.0 Å². The van der Waals surface area contributed by atoms with Gasteiger partial charge in [-0.2, -0.15) is 0 Å². The van der Waals surface area contributed by atoms with Gasteiger partial charge in [0.2, 0.25) is 0 Å². The summed E-state index contributed by atoms with van der Waals surface area (Å²) < 4.78 is 10.9. The van der Waals surface area contributed by atoms with Crippen LogP contribution in [-0.2, 0) is 9.53 Å². The largest absolute Gasteiger partial charge is 0.455 e. The maximum Gasteiger partial charge on any atom is 0.342 e. The van der Waals surface area contributed by atoms with Crippen LogP contribution >= 0.6 is 0 Å². The molecule has 1 heterocycles. The van der Waals surface area contributed by atoms with Gasteiger partial charge >= 0.3 is 5.97 Å². The van der Waals surface area contributed by atoms with E-state index in [4.69, 9.17) is 9.15 Å². The van der Waals surface area contributed by atoms with E-state index in [0.717, 1.165) is 5.56 Å². The molecule has 5 heteroatoms. The highest BCUT2D eigenvalue weighted by Crippen LogP contribution is 2.27. The average Bonchev–Trinajstić information content (AvgIpc) is 2.63. The topological polar surface area (TPSA) is 73.6 Å². The summed E-state index contributed by atoms with van der Waals surface area (Å²) in [5.41, 5.74) is 1.28. The van der Waals surface area contributed by atoms with Crippen LogP contribution in [0.4, 0.5) is 0 Å². The van der Waals surface area contributed by atoms with Crippen LogP contribution in [0, 0.1) is 6.92 Å². The fourth-order valence-corrected chi connectivity index (χ4v) is 2.58. The fourth-order valence-electron chi connectivity index (χ4n) is 2.58. The molecule has 126 valence electrons. The number of hydrogen-bond donors (Lipinski definition) is 0. The number of benzene rings is 2. The van der Waals surface area contributed by atoms with Gasteiger partial charge in [-0.25, -0.2) is 4.79 Å². The molecular formula is C20H16O5. The van der Waals surface area contributed by atoms with Crippen molar-refractivity contribution in [3.05, 3.63) is 69.9 Å². The molecule has 0 aliphatic carbocycles. The van der Waals surface area contributed by atoms with Crippen molar-refractivity contribution >= 4 is 22.7 Å². The first-order valence-electron chi connectivity index (χ1n) is 7.77. The van der Waals surface area contributed by atoms with Crippen molar-refractivity contribution in [3.63, 3.8) is 0 Å². The van der Waals surface area contributed by atoms with Crippen LogP contribution in [0.15, 0.2) is 57.7 Å². The molecule has 0 atom stereocenters. The molecule has 0 spiro atoms. The minimum Gasteiger partial charge on any atom is -0.455 e. The molecule has 0 unspecified atom stereocenters. The van der Waals surface area contributed by atoms with Gasteiger partial charge in [0.05, 0.1) is 5.39 Å². The van der Waals surface area contributed by atoms with E-state index in [2.05, 4.69) is 0 Å². The van der Waals surface area contributed by atoms with E-state index in [1.807, 2.05) is 30.3 Å². The number of ketones is 1. The highest BCUT2D eigenvalue weighted by Gasteiger charge is 2.19. The van der Waals surface area contributed by atoms with Crippen LogP contribution in [-0.4, -0.2) is 18.4 Å². The van der Waals surface area contributed by atoms with Gasteiger partial charge in [0.1, 0.15) is 17.9 Å². The van der Waals surface area contributed by atoms with E-state index < -0.39 is 5.97 Å². The molecule has 0 radical (unpaired) electrons. The maximum absolute atomic E-state index is 12.7. The number of rotatable bonds is 4. The van der Waals surface area contributed by atoms with Gasteiger partial charge in [-0.15, -0.1) is 0 Å². The molecule has 25 heavy (non-hydrogen) atoms. The molecule has 0 fully saturated rings. The van der Waals surface area contributed by atoms with Crippen molar-refractivity contribution in [1.82, 2.24) is 0 Å². The highest BCUT2D eigenvalue weighted by atomic mass is 16.5. The molecule has 0 saturated carbocycles. The molecule has 1 aromatic heterocycles. The highest BCUT2D eigenvalue weighted by molar-refractivity contribution is 6.02. The number of para-hydroxylation sites is 1. The zero-order chi connectivity index (χ0) is 18.0. The molecule has 3 aromatic rings. The summed E-state index contributed by atoms with van der Waals surface area (Å²) in [6.45, 7) is 2.69. The van der Waals surface area contributed by atoms with Crippen molar-refractivity contribution in [3.8, 4) is 11.3 Å². The summed E-state index contributed by atoms with van der Waals surface area (Å²) in [5.74, 6) is -0.562. The average molecular weight is 336 g/mol. The summed E-state index contributed by atoms with van der Waals surface area (Å²) in [6.07, 6.45) is 0. The van der Waals surface area contributed by atoms with Gasteiger partial charge in [-0.1, -0.05) is 36.4 Å². The molecule has 0 N–H and O–H groups in total. The Bertz CT molecular complexity index is 1020. The normalized spacial score (nSPS) is 10.6. The van der Waals surface area contributed by atoms with Gasteiger partial charge < -0.3 is 9.15 Å². The Labute approximate surface area is 143 Å². The van der Waals surface area contributed by atoms with Crippen molar-refractivity contribution < 1.29 is 18.7 Å². The minimum absolute atomic E-state index is 0.119. The van der Waals surface area contributed by atoms with Crippen LogP contribution in [0.1, 0.15) is 22.8 Å². The summed E-state index contributed by atoms with van der Waals surface area (Å²) in [7, 11) is 0. The van der Waals surface area contributed by atoms with Gasteiger partial charge in [-0.05, 0) is 26.0 Å². The van der Waals surface area contributed by atoms with Crippen molar-refractivity contribution in [2.75, 3.05) is 6.61 Å². The molecule has 3 rings (SSSR count). The number of esters is 1. The Morgan fingerprint density at radius 1 is 1.04 bits per heavy atom. The first kappa shape index (κ1) is 16.6. The minimum atomic E-state index is -0.702. The lowest BCUT2D eigenvalue weighted by molar-refractivity contribution is -0.120. The monoisotopic (exact) mass is 336 g/mol. The SMILES string of the molecule is CC(=O)COC(=O)c1cccc2c(=O)c(C)c(-c3ccccc3)oc12. The van der Waals surface area contributed by atoms with Crippen molar-refractivity contribution in [1.29, 1.82) is 0 Å². The molecule has 5 nitrogen and oxygen atoms in total. The molecule has 0 bridgehead atoms. The first-order valence-corrected chi connectivity index (χ1v) is 7.77. The maximum atomic E-state index is 12.7. The Kier molecular flexibility index (Phi) is 4.48. The van der Waals surface area contributed by atoms with Gasteiger partial charge in [0.15, 0.2) is 16.8 Å². The second-order valence-corrected chi connectivity index (χ2v) is 5.71. The Hall–Kier alpha value is -3.21. The lowest BCUT2D eigenvalue weighted by Gasteiger charge is -2.10. The Morgan fingerprint density at radius 3 is 2.44 bits per heavy atom. The predicted octanol–water partition coefficient (Wildman–Crippen LogP) is 3.51. The third-order valence-corrected chi connectivity index (χ3v) is 3.81. The van der Waals surface area contributed by atoms with E-state index >= 15 is 0 Å². The van der Waals surface area contributed by atoms with Crippen LogP contribution in [0.25, 0.3) is 22.3 Å². The second kappa shape index (κ2) is 6.73. The van der Waals surface area contributed by atoms with Crippen LogP contribution < -0.4 is 5.43 Å². The standard InChI is InChI=1S/C20H16O5/c1-12(21)11-24-20(23)16-10-6-9-15-17(22)13(2)18(25-19(15)16)14-7-4-3-5-8-14/h3-10H,11H2,1-2H3. The van der Waals surface area contributed by atoms with E-state index in [9.17, 15) is 14.4 Å². The zero-order valence-corrected chi connectivity index (χ0v) is 13.9. The molecular weight excluding hydrogens is 320 g/mol. The van der Waals surface area contributed by atoms with Gasteiger partial charge in [-0.3, -0.25) is 9.59 Å². The molecule has 0 aliphatic heterocycles. The summed E-state index contributed by atoms with van der Waals surface area (Å²) in [4.78, 5) is 36.0. The Morgan fingerprint density at radius 2 is 1.76 bits per heavy atom. The quantitative estimate of drug-likeness (QED) is 0.682.